The van der Waals surface area contributed by atoms with Crippen molar-refractivity contribution in [2.75, 3.05) is 5.32 Å². The van der Waals surface area contributed by atoms with Gasteiger partial charge in [0.2, 0.25) is 5.91 Å². The highest BCUT2D eigenvalue weighted by Crippen LogP contribution is 2.48. The van der Waals surface area contributed by atoms with Gasteiger partial charge in [0.1, 0.15) is 0 Å². The maximum absolute atomic E-state index is 13.4. The van der Waals surface area contributed by atoms with Crippen molar-refractivity contribution in [3.8, 4) is 0 Å². The lowest BCUT2D eigenvalue weighted by molar-refractivity contribution is -0.117. The minimum Gasteiger partial charge on any atom is -0.309 e. The molecule has 7 heteroatoms. The highest BCUT2D eigenvalue weighted by molar-refractivity contribution is 6.30. The van der Waals surface area contributed by atoms with E-state index in [0.717, 1.165) is 11.8 Å². The van der Waals surface area contributed by atoms with Gasteiger partial charge in [0.15, 0.2) is 11.6 Å². The average molecular weight is 308 g/mol. The zero-order chi connectivity index (χ0) is 15.0. The van der Waals surface area contributed by atoms with E-state index < -0.39 is 11.5 Å². The molecule has 1 aliphatic carbocycles. The van der Waals surface area contributed by atoms with Gasteiger partial charge in [-0.15, -0.1) is 0 Å². The van der Waals surface area contributed by atoms with Crippen LogP contribution in [0.2, 0.25) is 5.02 Å². The van der Waals surface area contributed by atoms with Crippen molar-refractivity contribution >= 4 is 23.3 Å². The van der Waals surface area contributed by atoms with Crippen molar-refractivity contribution in [3.05, 3.63) is 57.3 Å². The van der Waals surface area contributed by atoms with Crippen molar-refractivity contribution in [1.82, 2.24) is 9.97 Å². The second kappa shape index (κ2) is 5.29. The smallest absolute Gasteiger partial charge is 0.309 e. The quantitative estimate of drug-likeness (QED) is 0.913. The third kappa shape index (κ3) is 2.95. The topological polar surface area (TPSA) is 74.8 Å². The van der Waals surface area contributed by atoms with Crippen LogP contribution in [0.4, 0.5) is 10.2 Å². The maximum Gasteiger partial charge on any atom is 0.346 e. The van der Waals surface area contributed by atoms with Gasteiger partial charge in [0, 0.05) is 10.9 Å². The highest BCUT2D eigenvalue weighted by Gasteiger charge is 2.44. The third-order valence-electron chi connectivity index (χ3n) is 3.44. The molecule has 0 saturated heterocycles. The summed E-state index contributed by atoms with van der Waals surface area (Å²) in [6, 6.07) is 7.28. The first-order chi connectivity index (χ1) is 10.0. The Morgan fingerprint density at radius 2 is 2.10 bits per heavy atom. The first kappa shape index (κ1) is 13.8. The summed E-state index contributed by atoms with van der Waals surface area (Å²) in [6.07, 6.45) is 1.46. The normalized spacial score (nSPS) is 20.1. The summed E-state index contributed by atoms with van der Waals surface area (Å²) in [5.41, 5.74) is 0.306. The molecule has 1 fully saturated rings. The van der Waals surface area contributed by atoms with Gasteiger partial charge in [-0.2, -0.15) is 4.98 Å². The lowest BCUT2D eigenvalue weighted by Gasteiger charge is -2.05. The Labute approximate surface area is 124 Å². The Bertz CT molecular complexity index is 745. The van der Waals surface area contributed by atoms with Crippen molar-refractivity contribution < 1.29 is 9.18 Å². The van der Waals surface area contributed by atoms with Gasteiger partial charge in [0.25, 0.3) is 0 Å². The zero-order valence-electron chi connectivity index (χ0n) is 10.8. The molecule has 0 bridgehead atoms. The van der Waals surface area contributed by atoms with Gasteiger partial charge in [-0.1, -0.05) is 23.7 Å². The molecule has 21 heavy (non-hydrogen) atoms. The number of benzene rings is 1. The molecule has 2 unspecified atom stereocenters. The Kier molecular flexibility index (Phi) is 3.47. The molecule has 5 nitrogen and oxygen atoms in total. The SMILES string of the molecule is O=C(Nc1[nH]c(=O)ncc1F)C1CC1c1ccc(Cl)cc1. The minimum absolute atomic E-state index is 0.0962. The predicted molar refractivity (Wildman–Crippen MR) is 75.7 cm³/mol. The lowest BCUT2D eigenvalue weighted by atomic mass is 10.1. The van der Waals surface area contributed by atoms with Crippen LogP contribution in [0.1, 0.15) is 17.9 Å². The molecule has 1 saturated carbocycles. The molecule has 1 amide bonds. The highest BCUT2D eigenvalue weighted by atomic mass is 35.5. The van der Waals surface area contributed by atoms with Gasteiger partial charge in [-0.05, 0) is 30.0 Å². The first-order valence-corrected chi connectivity index (χ1v) is 6.73. The number of halogens is 2. The van der Waals surface area contributed by atoms with Gasteiger partial charge in [-0.25, -0.2) is 9.18 Å². The molecule has 2 N–H and O–H groups in total. The van der Waals surface area contributed by atoms with E-state index in [4.69, 9.17) is 11.6 Å². The molecule has 1 aromatic heterocycles. The number of H-pyrrole nitrogens is 1. The van der Waals surface area contributed by atoms with E-state index >= 15 is 0 Å². The van der Waals surface area contributed by atoms with E-state index in [0.29, 0.717) is 11.4 Å². The van der Waals surface area contributed by atoms with Crippen molar-refractivity contribution in [1.29, 1.82) is 0 Å². The Hall–Kier alpha value is -2.21. The molecule has 1 aromatic carbocycles. The molecule has 2 aromatic rings. The molecule has 0 spiro atoms. The van der Waals surface area contributed by atoms with Gasteiger partial charge >= 0.3 is 5.69 Å². The standard InChI is InChI=1S/C14H11ClFN3O2/c15-8-3-1-7(2-4-8)9-5-10(9)13(20)18-12-11(16)6-17-14(21)19-12/h1-4,6,9-10H,5H2,(H2,17,18,19,20,21). The number of rotatable bonds is 3. The summed E-state index contributed by atoms with van der Waals surface area (Å²) in [7, 11) is 0. The number of aromatic amines is 1. The molecule has 1 heterocycles. The molecule has 0 aliphatic heterocycles. The second-order valence-electron chi connectivity index (χ2n) is 4.90. The average Bonchev–Trinajstić information content (AvgIpc) is 3.24. The van der Waals surface area contributed by atoms with Crippen LogP contribution in [0.3, 0.4) is 0 Å². The monoisotopic (exact) mass is 307 g/mol. The lowest BCUT2D eigenvalue weighted by Crippen LogP contribution is -2.21. The van der Waals surface area contributed by atoms with Crippen molar-refractivity contribution in [3.63, 3.8) is 0 Å². The molecule has 3 rings (SSSR count). The summed E-state index contributed by atoms with van der Waals surface area (Å²) in [6.45, 7) is 0. The fourth-order valence-corrected chi connectivity index (χ4v) is 2.37. The van der Waals surface area contributed by atoms with Gasteiger partial charge in [-0.3, -0.25) is 9.78 Å². The van der Waals surface area contributed by atoms with Gasteiger partial charge in [0.05, 0.1) is 6.20 Å². The predicted octanol–water partition coefficient (Wildman–Crippen LogP) is 2.30. The number of carbonyl (C=O) groups excluding carboxylic acids is 1. The molecule has 1 aliphatic rings. The van der Waals surface area contributed by atoms with E-state index in [2.05, 4.69) is 15.3 Å². The van der Waals surface area contributed by atoms with Crippen LogP contribution >= 0.6 is 11.6 Å². The Morgan fingerprint density at radius 3 is 2.81 bits per heavy atom. The summed E-state index contributed by atoms with van der Waals surface area (Å²) >= 11 is 5.81. The van der Waals surface area contributed by atoms with Gasteiger partial charge < -0.3 is 5.32 Å². The number of hydrogen-bond donors (Lipinski definition) is 2. The molecule has 0 radical (unpaired) electrons. The third-order valence-corrected chi connectivity index (χ3v) is 3.69. The van der Waals surface area contributed by atoms with E-state index in [1.54, 1.807) is 12.1 Å². The maximum atomic E-state index is 13.4. The Morgan fingerprint density at radius 1 is 1.38 bits per heavy atom. The van der Waals surface area contributed by atoms with Crippen LogP contribution in [-0.2, 0) is 4.79 Å². The van der Waals surface area contributed by atoms with Crippen LogP contribution < -0.4 is 11.0 Å². The fourth-order valence-electron chi connectivity index (χ4n) is 2.25. The number of amides is 1. The second-order valence-corrected chi connectivity index (χ2v) is 5.34. The summed E-state index contributed by atoms with van der Waals surface area (Å²) < 4.78 is 13.4. The Balaban J connectivity index is 1.69. The van der Waals surface area contributed by atoms with E-state index in [9.17, 15) is 14.0 Å². The van der Waals surface area contributed by atoms with Crippen molar-refractivity contribution in [2.45, 2.75) is 12.3 Å². The van der Waals surface area contributed by atoms with Crippen LogP contribution in [0.5, 0.6) is 0 Å². The number of nitrogens with zero attached hydrogens (tertiary/aromatic N) is 1. The fraction of sp³-hybridized carbons (Fsp3) is 0.214. The summed E-state index contributed by atoms with van der Waals surface area (Å²) in [5, 5.41) is 3.02. The van der Waals surface area contributed by atoms with Crippen LogP contribution in [-0.4, -0.2) is 15.9 Å². The number of aromatic nitrogens is 2. The summed E-state index contributed by atoms with van der Waals surface area (Å²) in [5.74, 6) is -1.48. The van der Waals surface area contributed by atoms with E-state index in [1.165, 1.54) is 0 Å². The largest absolute Gasteiger partial charge is 0.346 e. The number of carbonyl (C=O) groups is 1. The van der Waals surface area contributed by atoms with Crippen LogP contribution in [0, 0.1) is 11.7 Å². The zero-order valence-corrected chi connectivity index (χ0v) is 11.5. The van der Waals surface area contributed by atoms with Crippen LogP contribution in [0.25, 0.3) is 0 Å². The molecule has 108 valence electrons. The minimum atomic E-state index is -0.772. The first-order valence-electron chi connectivity index (χ1n) is 6.36. The van der Waals surface area contributed by atoms with Crippen LogP contribution in [0.15, 0.2) is 35.3 Å². The van der Waals surface area contributed by atoms with E-state index in [1.807, 2.05) is 12.1 Å². The molecular weight excluding hydrogens is 297 g/mol. The van der Waals surface area contributed by atoms with Crippen molar-refractivity contribution in [2.24, 2.45) is 5.92 Å². The molecular formula is C14H11ClFN3O2. The summed E-state index contributed by atoms with van der Waals surface area (Å²) in [4.78, 5) is 28.5. The number of hydrogen-bond acceptors (Lipinski definition) is 3. The number of anilines is 1. The molecule has 2 atom stereocenters. The number of nitrogens with one attached hydrogen (secondary N) is 2. The van der Waals surface area contributed by atoms with E-state index in [-0.39, 0.29) is 23.6 Å².